The lowest BCUT2D eigenvalue weighted by Gasteiger charge is -2.12. The summed E-state index contributed by atoms with van der Waals surface area (Å²) in [5.74, 6) is 0.329. The third-order valence-corrected chi connectivity index (χ3v) is 4.85. The van der Waals surface area contributed by atoms with Crippen LogP contribution in [-0.4, -0.2) is 19.0 Å². The van der Waals surface area contributed by atoms with E-state index in [0.717, 1.165) is 11.1 Å². The lowest BCUT2D eigenvalue weighted by Crippen LogP contribution is -2.05. The molecular formula is C25H20FNO4. The Kier molecular flexibility index (Phi) is 5.80. The summed E-state index contributed by atoms with van der Waals surface area (Å²) >= 11 is 0. The van der Waals surface area contributed by atoms with Gasteiger partial charge in [0.15, 0.2) is 17.2 Å². The minimum atomic E-state index is -0.571. The molecule has 0 spiro atoms. The second kappa shape index (κ2) is 8.83. The third kappa shape index (κ3) is 4.64. The Morgan fingerprint density at radius 2 is 1.81 bits per heavy atom. The largest absolute Gasteiger partial charge is 0.493 e. The van der Waals surface area contributed by atoms with Gasteiger partial charge in [-0.1, -0.05) is 30.3 Å². The number of aliphatic imine (C=N–C) groups is 1. The molecule has 0 radical (unpaired) electrons. The van der Waals surface area contributed by atoms with Gasteiger partial charge in [0.2, 0.25) is 5.90 Å². The maximum absolute atomic E-state index is 13.1. The topological polar surface area (TPSA) is 57.1 Å². The van der Waals surface area contributed by atoms with E-state index < -0.39 is 5.97 Å². The molecule has 5 nitrogen and oxygen atoms in total. The van der Waals surface area contributed by atoms with Gasteiger partial charge in [-0.15, -0.1) is 0 Å². The van der Waals surface area contributed by atoms with E-state index in [1.54, 1.807) is 31.4 Å². The molecule has 0 N–H and O–H groups in total. The first-order valence-electron chi connectivity index (χ1n) is 9.67. The molecule has 0 atom stereocenters. The average molecular weight is 417 g/mol. The minimum absolute atomic E-state index is 0.140. The van der Waals surface area contributed by atoms with Crippen molar-refractivity contribution in [2.24, 2.45) is 4.99 Å². The van der Waals surface area contributed by atoms with Crippen LogP contribution in [0.2, 0.25) is 0 Å². The molecule has 1 aliphatic rings. The van der Waals surface area contributed by atoms with Crippen LogP contribution in [-0.2, 0) is 16.1 Å². The number of aryl methyl sites for hydroxylation is 1. The molecule has 0 fully saturated rings. The second-order valence-corrected chi connectivity index (χ2v) is 6.97. The maximum Gasteiger partial charge on any atom is 0.363 e. The zero-order chi connectivity index (χ0) is 21.8. The van der Waals surface area contributed by atoms with Crippen LogP contribution in [0.4, 0.5) is 4.39 Å². The molecule has 1 aliphatic heterocycles. The van der Waals surface area contributed by atoms with Crippen molar-refractivity contribution >= 4 is 17.9 Å². The zero-order valence-corrected chi connectivity index (χ0v) is 17.1. The Hall–Kier alpha value is -3.93. The van der Waals surface area contributed by atoms with Crippen LogP contribution in [0.15, 0.2) is 77.4 Å². The van der Waals surface area contributed by atoms with Gasteiger partial charge in [0, 0.05) is 5.56 Å². The third-order valence-electron chi connectivity index (χ3n) is 4.85. The summed E-state index contributed by atoms with van der Waals surface area (Å²) in [6, 6.07) is 19.0. The Labute approximate surface area is 179 Å². The molecule has 0 amide bonds. The molecular weight excluding hydrogens is 397 g/mol. The van der Waals surface area contributed by atoms with E-state index in [4.69, 9.17) is 14.2 Å². The maximum atomic E-state index is 13.1. The number of ether oxygens (including phenoxy) is 3. The number of esters is 1. The lowest BCUT2D eigenvalue weighted by atomic mass is 10.1. The lowest BCUT2D eigenvalue weighted by molar-refractivity contribution is -0.129. The number of rotatable bonds is 6. The van der Waals surface area contributed by atoms with Crippen LogP contribution in [0.3, 0.4) is 0 Å². The molecule has 31 heavy (non-hydrogen) atoms. The number of methoxy groups -OCH3 is 1. The summed E-state index contributed by atoms with van der Waals surface area (Å²) < 4.78 is 29.7. The summed E-state index contributed by atoms with van der Waals surface area (Å²) in [6.45, 7) is 2.45. The van der Waals surface area contributed by atoms with Crippen LogP contribution in [0.1, 0.15) is 22.3 Å². The van der Waals surface area contributed by atoms with Gasteiger partial charge in [-0.05, 0) is 66.1 Å². The van der Waals surface area contributed by atoms with E-state index in [9.17, 15) is 9.18 Å². The molecule has 3 aromatic carbocycles. The molecule has 0 unspecified atom stereocenters. The highest BCUT2D eigenvalue weighted by atomic mass is 19.1. The molecule has 0 saturated carbocycles. The molecule has 156 valence electrons. The van der Waals surface area contributed by atoms with Crippen LogP contribution in [0.25, 0.3) is 6.08 Å². The number of nitrogens with zero attached hydrogens (tertiary/aromatic N) is 1. The smallest absolute Gasteiger partial charge is 0.363 e. The van der Waals surface area contributed by atoms with Crippen molar-refractivity contribution in [1.29, 1.82) is 0 Å². The molecule has 4 rings (SSSR count). The van der Waals surface area contributed by atoms with Crippen molar-refractivity contribution in [3.05, 3.63) is 100 Å². The summed E-state index contributed by atoms with van der Waals surface area (Å²) in [5.41, 5.74) is 3.62. The monoisotopic (exact) mass is 417 g/mol. The standard InChI is InChI=1S/C25H20FNO4/c1-16-5-3-4-6-19(16)15-30-22-12-7-17(14-23(22)29-2)13-21-25(28)31-24(27-21)18-8-10-20(26)11-9-18/h3-14H,15H2,1-2H3/b21-13-. The fraction of sp³-hybridized carbons (Fsp3) is 0.120. The van der Waals surface area contributed by atoms with Gasteiger partial charge in [0.1, 0.15) is 12.4 Å². The van der Waals surface area contributed by atoms with E-state index in [-0.39, 0.29) is 17.4 Å². The quantitative estimate of drug-likeness (QED) is 0.415. The molecule has 3 aromatic rings. The van der Waals surface area contributed by atoms with E-state index in [1.807, 2.05) is 31.2 Å². The molecule has 0 aromatic heterocycles. The highest BCUT2D eigenvalue weighted by molar-refractivity contribution is 6.12. The predicted octanol–water partition coefficient (Wildman–Crippen LogP) is 5.07. The highest BCUT2D eigenvalue weighted by Gasteiger charge is 2.24. The number of hydrogen-bond donors (Lipinski definition) is 0. The summed E-state index contributed by atoms with van der Waals surface area (Å²) in [7, 11) is 1.56. The normalized spacial score (nSPS) is 14.4. The van der Waals surface area contributed by atoms with Gasteiger partial charge in [0.25, 0.3) is 0 Å². The first-order chi connectivity index (χ1) is 15.0. The number of benzene rings is 3. The number of carbonyl (C=O) groups is 1. The molecule has 1 heterocycles. The van der Waals surface area contributed by atoms with Gasteiger partial charge < -0.3 is 14.2 Å². The van der Waals surface area contributed by atoms with Gasteiger partial charge in [-0.25, -0.2) is 14.2 Å². The minimum Gasteiger partial charge on any atom is -0.493 e. The summed E-state index contributed by atoms with van der Waals surface area (Å²) in [6.07, 6.45) is 1.60. The average Bonchev–Trinajstić information content (AvgIpc) is 3.14. The van der Waals surface area contributed by atoms with E-state index in [0.29, 0.717) is 29.2 Å². The molecule has 0 bridgehead atoms. The Morgan fingerprint density at radius 1 is 1.03 bits per heavy atom. The molecule has 6 heteroatoms. The van der Waals surface area contributed by atoms with Crippen molar-refractivity contribution in [3.8, 4) is 11.5 Å². The summed E-state index contributed by atoms with van der Waals surface area (Å²) in [5, 5.41) is 0. The van der Waals surface area contributed by atoms with Gasteiger partial charge in [-0.2, -0.15) is 0 Å². The highest BCUT2D eigenvalue weighted by Crippen LogP contribution is 2.30. The van der Waals surface area contributed by atoms with Crippen molar-refractivity contribution in [2.75, 3.05) is 7.11 Å². The second-order valence-electron chi connectivity index (χ2n) is 6.97. The van der Waals surface area contributed by atoms with Crippen molar-refractivity contribution in [2.45, 2.75) is 13.5 Å². The SMILES string of the molecule is COc1cc(/C=C2\N=C(c3ccc(F)cc3)OC2=O)ccc1OCc1ccccc1C. The molecule has 0 saturated heterocycles. The van der Waals surface area contributed by atoms with Crippen LogP contribution in [0, 0.1) is 12.7 Å². The first-order valence-corrected chi connectivity index (χ1v) is 9.67. The Balaban J connectivity index is 1.54. The number of hydrogen-bond acceptors (Lipinski definition) is 5. The number of cyclic esters (lactones) is 1. The fourth-order valence-electron chi connectivity index (χ4n) is 3.10. The fourth-order valence-corrected chi connectivity index (χ4v) is 3.10. The molecule has 0 aliphatic carbocycles. The van der Waals surface area contributed by atoms with Crippen LogP contribution >= 0.6 is 0 Å². The first kappa shape index (κ1) is 20.3. The summed E-state index contributed by atoms with van der Waals surface area (Å²) in [4.78, 5) is 16.4. The van der Waals surface area contributed by atoms with Crippen molar-refractivity contribution in [1.82, 2.24) is 0 Å². The van der Waals surface area contributed by atoms with E-state index in [2.05, 4.69) is 4.99 Å². The zero-order valence-electron chi connectivity index (χ0n) is 17.1. The van der Waals surface area contributed by atoms with Gasteiger partial charge in [-0.3, -0.25) is 0 Å². The Bertz CT molecular complexity index is 1180. The Morgan fingerprint density at radius 3 is 2.55 bits per heavy atom. The van der Waals surface area contributed by atoms with Crippen LogP contribution in [0.5, 0.6) is 11.5 Å². The number of halogens is 1. The van der Waals surface area contributed by atoms with Crippen LogP contribution < -0.4 is 9.47 Å². The van der Waals surface area contributed by atoms with E-state index >= 15 is 0 Å². The van der Waals surface area contributed by atoms with Crippen molar-refractivity contribution < 1.29 is 23.4 Å². The van der Waals surface area contributed by atoms with Crippen molar-refractivity contribution in [3.63, 3.8) is 0 Å². The number of carbonyl (C=O) groups excluding carboxylic acids is 1. The predicted molar refractivity (Wildman–Crippen MR) is 116 cm³/mol. The van der Waals surface area contributed by atoms with Gasteiger partial charge >= 0.3 is 5.97 Å². The van der Waals surface area contributed by atoms with E-state index in [1.165, 1.54) is 24.3 Å². The van der Waals surface area contributed by atoms with Gasteiger partial charge in [0.05, 0.1) is 7.11 Å².